The lowest BCUT2D eigenvalue weighted by atomic mass is 10.1. The molecule has 108 valence electrons. The number of nitro groups is 1. The molecule has 0 saturated carbocycles. The smallest absolute Gasteiger partial charge is 0.334 e. The summed E-state index contributed by atoms with van der Waals surface area (Å²) in [6, 6.07) is 0. The highest BCUT2D eigenvalue weighted by atomic mass is 32.1. The van der Waals surface area contributed by atoms with E-state index in [1.807, 2.05) is 20.8 Å². The van der Waals surface area contributed by atoms with Gasteiger partial charge in [0.2, 0.25) is 5.82 Å². The molecule has 2 aromatic rings. The molecule has 0 aliphatic heterocycles. The van der Waals surface area contributed by atoms with Gasteiger partial charge in [0.1, 0.15) is 5.69 Å². The Bertz CT molecular complexity index is 632. The van der Waals surface area contributed by atoms with Gasteiger partial charge in [-0.25, -0.2) is 9.67 Å². The van der Waals surface area contributed by atoms with Gasteiger partial charge in [-0.15, -0.1) is 11.3 Å². The minimum absolute atomic E-state index is 0.00259. The fourth-order valence-electron chi connectivity index (χ4n) is 1.96. The molecule has 8 heteroatoms. The zero-order valence-electron chi connectivity index (χ0n) is 11.9. The number of thiazole rings is 1. The van der Waals surface area contributed by atoms with Crippen molar-refractivity contribution in [3.63, 3.8) is 0 Å². The second-order valence-corrected chi connectivity index (χ2v) is 6.14. The molecule has 7 nitrogen and oxygen atoms in total. The first-order chi connectivity index (χ1) is 9.40. The lowest BCUT2D eigenvalue weighted by molar-refractivity contribution is -0.384. The van der Waals surface area contributed by atoms with Crippen LogP contribution in [0, 0.1) is 17.0 Å². The van der Waals surface area contributed by atoms with Crippen LogP contribution >= 0.6 is 11.3 Å². The zero-order valence-corrected chi connectivity index (χ0v) is 12.7. The first-order valence-corrected chi connectivity index (χ1v) is 7.08. The average Bonchev–Trinajstić information content (AvgIpc) is 2.90. The molecule has 2 heterocycles. The van der Waals surface area contributed by atoms with E-state index in [1.165, 1.54) is 4.68 Å². The van der Waals surface area contributed by atoms with Crippen molar-refractivity contribution in [3.8, 4) is 0 Å². The fraction of sp³-hybridized carbons (Fsp3) is 0.500. The standard InChI is InChI=1S/C12H17N5O2S/c1-7(2)10-11(17(18)19)12(16(4)15-10)14-6-9-5-13-8(3)20-9/h5,7,14H,6H2,1-4H3. The van der Waals surface area contributed by atoms with Gasteiger partial charge in [-0.05, 0) is 6.92 Å². The molecule has 0 saturated heterocycles. The molecule has 0 atom stereocenters. The Morgan fingerprint density at radius 3 is 2.75 bits per heavy atom. The van der Waals surface area contributed by atoms with Gasteiger partial charge < -0.3 is 5.32 Å². The van der Waals surface area contributed by atoms with Crippen LogP contribution in [0.1, 0.15) is 35.3 Å². The molecule has 0 aliphatic rings. The molecule has 2 rings (SSSR count). The Balaban J connectivity index is 2.28. The third-order valence-electron chi connectivity index (χ3n) is 2.88. The van der Waals surface area contributed by atoms with Crippen molar-refractivity contribution in [1.82, 2.24) is 14.8 Å². The highest BCUT2D eigenvalue weighted by molar-refractivity contribution is 7.11. The first-order valence-electron chi connectivity index (χ1n) is 6.26. The van der Waals surface area contributed by atoms with Crippen molar-refractivity contribution >= 4 is 22.8 Å². The topological polar surface area (TPSA) is 85.9 Å². The second-order valence-electron chi connectivity index (χ2n) is 4.82. The van der Waals surface area contributed by atoms with Crippen molar-refractivity contribution in [3.05, 3.63) is 31.9 Å². The number of rotatable bonds is 5. The number of hydrogen-bond acceptors (Lipinski definition) is 6. The van der Waals surface area contributed by atoms with Crippen LogP contribution in [-0.4, -0.2) is 19.7 Å². The average molecular weight is 295 g/mol. The molecular weight excluding hydrogens is 278 g/mol. The molecule has 0 bridgehead atoms. The number of anilines is 1. The summed E-state index contributed by atoms with van der Waals surface area (Å²) in [5.41, 5.74) is 0.559. The number of aromatic nitrogens is 3. The molecule has 0 aliphatic carbocycles. The van der Waals surface area contributed by atoms with E-state index >= 15 is 0 Å². The van der Waals surface area contributed by atoms with E-state index < -0.39 is 0 Å². The molecular formula is C12H17N5O2S. The molecule has 0 aromatic carbocycles. The molecule has 0 fully saturated rings. The lowest BCUT2D eigenvalue weighted by Gasteiger charge is -2.04. The molecule has 1 N–H and O–H groups in total. The molecule has 20 heavy (non-hydrogen) atoms. The molecule has 0 amide bonds. The van der Waals surface area contributed by atoms with Crippen molar-refractivity contribution in [2.75, 3.05) is 5.32 Å². The Morgan fingerprint density at radius 1 is 1.55 bits per heavy atom. The van der Waals surface area contributed by atoms with Gasteiger partial charge in [-0.1, -0.05) is 13.8 Å². The van der Waals surface area contributed by atoms with E-state index in [0.29, 0.717) is 18.1 Å². The maximum absolute atomic E-state index is 11.3. The molecule has 0 unspecified atom stereocenters. The van der Waals surface area contributed by atoms with Crippen LogP contribution in [0.5, 0.6) is 0 Å². The minimum Gasteiger partial charge on any atom is -0.360 e. The van der Waals surface area contributed by atoms with Crippen LogP contribution < -0.4 is 5.32 Å². The van der Waals surface area contributed by atoms with E-state index in [2.05, 4.69) is 15.4 Å². The highest BCUT2D eigenvalue weighted by Crippen LogP contribution is 2.33. The number of nitrogens with zero attached hydrogens (tertiary/aromatic N) is 4. The predicted octanol–water partition coefficient (Wildman–Crippen LogP) is 2.83. The van der Waals surface area contributed by atoms with Crippen molar-refractivity contribution in [2.24, 2.45) is 7.05 Å². The normalized spacial score (nSPS) is 11.1. The lowest BCUT2D eigenvalue weighted by Crippen LogP contribution is -2.05. The van der Waals surface area contributed by atoms with E-state index in [1.54, 1.807) is 24.6 Å². The Hall–Kier alpha value is -1.96. The summed E-state index contributed by atoms with van der Waals surface area (Å²) in [6.07, 6.45) is 1.78. The Kier molecular flexibility index (Phi) is 4.03. The van der Waals surface area contributed by atoms with Crippen LogP contribution in [0.4, 0.5) is 11.5 Å². The van der Waals surface area contributed by atoms with Gasteiger partial charge in [0.15, 0.2) is 0 Å². The summed E-state index contributed by atoms with van der Waals surface area (Å²) < 4.78 is 1.53. The maximum atomic E-state index is 11.3. The third kappa shape index (κ3) is 2.79. The van der Waals surface area contributed by atoms with Crippen LogP contribution in [0.2, 0.25) is 0 Å². The summed E-state index contributed by atoms with van der Waals surface area (Å²) in [5.74, 6) is 0.438. The summed E-state index contributed by atoms with van der Waals surface area (Å²) >= 11 is 1.57. The third-order valence-corrected chi connectivity index (χ3v) is 3.79. The second kappa shape index (κ2) is 5.58. The Morgan fingerprint density at radius 2 is 2.25 bits per heavy atom. The molecule has 0 spiro atoms. The molecule has 2 aromatic heterocycles. The summed E-state index contributed by atoms with van der Waals surface area (Å²) in [7, 11) is 1.71. The largest absolute Gasteiger partial charge is 0.360 e. The van der Waals surface area contributed by atoms with Gasteiger partial charge in [-0.3, -0.25) is 10.1 Å². The van der Waals surface area contributed by atoms with E-state index in [4.69, 9.17) is 0 Å². The molecule has 0 radical (unpaired) electrons. The first kappa shape index (κ1) is 14.4. The number of aryl methyl sites for hydroxylation is 2. The monoisotopic (exact) mass is 295 g/mol. The summed E-state index contributed by atoms with van der Waals surface area (Å²) in [5, 5.41) is 19.6. The van der Waals surface area contributed by atoms with Crippen LogP contribution in [0.3, 0.4) is 0 Å². The fourth-order valence-corrected chi connectivity index (χ4v) is 2.69. The highest BCUT2D eigenvalue weighted by Gasteiger charge is 2.28. The number of hydrogen-bond donors (Lipinski definition) is 1. The van der Waals surface area contributed by atoms with Crippen LogP contribution in [0.25, 0.3) is 0 Å². The van der Waals surface area contributed by atoms with Crippen molar-refractivity contribution in [2.45, 2.75) is 33.2 Å². The SMILES string of the molecule is Cc1ncc(CNc2c([N+](=O)[O-])c(C(C)C)nn2C)s1. The predicted molar refractivity (Wildman–Crippen MR) is 78.1 cm³/mol. The van der Waals surface area contributed by atoms with Crippen LogP contribution in [0.15, 0.2) is 6.20 Å². The van der Waals surface area contributed by atoms with Crippen LogP contribution in [-0.2, 0) is 13.6 Å². The van der Waals surface area contributed by atoms with Gasteiger partial charge in [0.05, 0.1) is 16.5 Å². The minimum atomic E-state index is -0.372. The van der Waals surface area contributed by atoms with Gasteiger partial charge in [0, 0.05) is 24.0 Å². The summed E-state index contributed by atoms with van der Waals surface area (Å²) in [4.78, 5) is 16.1. The van der Waals surface area contributed by atoms with E-state index in [0.717, 1.165) is 9.88 Å². The summed E-state index contributed by atoms with van der Waals surface area (Å²) in [6.45, 7) is 6.22. The van der Waals surface area contributed by atoms with Gasteiger partial charge in [-0.2, -0.15) is 5.10 Å². The van der Waals surface area contributed by atoms with Crippen molar-refractivity contribution < 1.29 is 4.92 Å². The quantitative estimate of drug-likeness (QED) is 0.677. The van der Waals surface area contributed by atoms with E-state index in [-0.39, 0.29) is 16.5 Å². The Labute approximate surface area is 120 Å². The zero-order chi connectivity index (χ0) is 14.9. The van der Waals surface area contributed by atoms with Gasteiger partial charge in [0.25, 0.3) is 0 Å². The van der Waals surface area contributed by atoms with Crippen molar-refractivity contribution in [1.29, 1.82) is 0 Å². The van der Waals surface area contributed by atoms with Gasteiger partial charge >= 0.3 is 5.69 Å². The van der Waals surface area contributed by atoms with E-state index in [9.17, 15) is 10.1 Å². The maximum Gasteiger partial charge on any atom is 0.334 e. The number of nitrogens with one attached hydrogen (secondary N) is 1.